The van der Waals surface area contributed by atoms with Crippen LogP contribution in [0.15, 0.2) is 42.5 Å². The van der Waals surface area contributed by atoms with Gasteiger partial charge in [-0.15, -0.1) is 0 Å². The molecule has 3 heterocycles. The summed E-state index contributed by atoms with van der Waals surface area (Å²) in [7, 11) is 9.26. The number of nitrogens with zero attached hydrogens (tertiary/aromatic N) is 9. The van der Waals surface area contributed by atoms with Crippen molar-refractivity contribution in [2.45, 2.75) is 210 Å². The number of benzene rings is 2. The number of alkyl halides is 6. The third-order valence-corrected chi connectivity index (χ3v) is 21.8. The monoisotopic (exact) mass is 1490 g/mol. The van der Waals surface area contributed by atoms with E-state index in [0.29, 0.717) is 70.9 Å². The van der Waals surface area contributed by atoms with Gasteiger partial charge in [-0.3, -0.25) is 57.5 Å². The Kier molecular flexibility index (Phi) is 28.7. The van der Waals surface area contributed by atoms with Crippen LogP contribution in [0.5, 0.6) is 0 Å². The first-order valence-electron chi connectivity index (χ1n) is 36.1. The second-order valence-electron chi connectivity index (χ2n) is 29.5. The summed E-state index contributed by atoms with van der Waals surface area (Å²) >= 11 is 6.13. The van der Waals surface area contributed by atoms with Crippen LogP contribution < -0.4 is 16.0 Å². The number of carbonyl (C=O) groups excluding carboxylic acids is 12. The fraction of sp³-hybridized carbons (Fsp3) is 0.671. The summed E-state index contributed by atoms with van der Waals surface area (Å²) in [5.41, 5.74) is -3.40. The Bertz CT molecular complexity index is 3450. The Balaban J connectivity index is 1.30. The van der Waals surface area contributed by atoms with Gasteiger partial charge in [0.2, 0.25) is 70.9 Å². The van der Waals surface area contributed by atoms with Crippen molar-refractivity contribution in [2.75, 3.05) is 88.6 Å². The van der Waals surface area contributed by atoms with Gasteiger partial charge in [0.05, 0.1) is 42.2 Å². The van der Waals surface area contributed by atoms with E-state index in [1.807, 2.05) is 13.8 Å². The quantitative estimate of drug-likeness (QED) is 0.209. The van der Waals surface area contributed by atoms with Crippen LogP contribution in [-0.2, 0) is 82.7 Å². The SMILES string of the molecule is CC[C@H](C)[C@@H]1NC(=O)[C@H](CC(C)C)N(C)C(=O)C[C@@H](C(=O)N2CCCC2)N(C)C(=O)[C@H](C2CCCCC2)N(C)C(=O)C2(CCCC2)NC(=O)C2CCCN2C(=O)[C@H](CCc2ccc(C(F)(F)F)c(Cl)c2)NC(=O)CN(C)C(=O)[C@H](Cc2ccc(C(F)(F)F)cc2)N(C)C(=O)CN(C)C(=O)CN(C)C1=O. The van der Waals surface area contributed by atoms with Crippen LogP contribution in [0.1, 0.15) is 159 Å². The lowest BCUT2D eigenvalue weighted by Crippen LogP contribution is -2.65. The second kappa shape index (κ2) is 35.8. The van der Waals surface area contributed by atoms with E-state index in [-0.39, 0.29) is 68.5 Å². The fourth-order valence-corrected chi connectivity index (χ4v) is 15.3. The number of hydrogen-bond acceptors (Lipinski definition) is 12. The number of likely N-dealkylation sites (tertiary alicyclic amines) is 1. The molecule has 3 aliphatic heterocycles. The molecule has 7 rings (SSSR count). The van der Waals surface area contributed by atoms with Gasteiger partial charge in [0.15, 0.2) is 0 Å². The zero-order valence-corrected chi connectivity index (χ0v) is 62.3. The summed E-state index contributed by atoms with van der Waals surface area (Å²) < 4.78 is 83.0. The van der Waals surface area contributed by atoms with Gasteiger partial charge in [-0.25, -0.2) is 0 Å². The number of halogens is 7. The molecule has 3 N–H and O–H groups in total. The number of likely N-dealkylation sites (N-methyl/N-ethyl adjacent to an activating group) is 7. The van der Waals surface area contributed by atoms with Gasteiger partial charge in [-0.1, -0.05) is 96.0 Å². The number of carbonyl (C=O) groups is 12. The maximum atomic E-state index is 15.8. The predicted molar refractivity (Wildman–Crippen MR) is 373 cm³/mol. The number of amides is 12. The molecular formula is C73H103ClF6N12O12. The number of hydrogen-bond donors (Lipinski definition) is 3. The molecule has 0 radical (unpaired) electrons. The Morgan fingerprint density at radius 2 is 1.19 bits per heavy atom. The van der Waals surface area contributed by atoms with E-state index in [0.717, 1.165) is 68.5 Å². The largest absolute Gasteiger partial charge is 0.417 e. The van der Waals surface area contributed by atoms with Crippen molar-refractivity contribution in [2.24, 2.45) is 17.8 Å². The minimum absolute atomic E-state index is 0.0410. The third kappa shape index (κ3) is 20.5. The highest BCUT2D eigenvalue weighted by atomic mass is 35.5. The standard InChI is InChI=1S/C73H103ClF6N12O12/c1-12-45(4)61-68(102)86(7)42-59(95)84(5)43-60(96)88(9)55(39-47-24-28-49(29-25-47)72(75,76)77)66(100)85(6)41-57(93)81-52(31-27-46-26-30-50(51(74)38-46)73(78,79)80)65(99)92-36-20-23-53(92)64(98)83-71(32-16-17-33-71)70(104)90(11)62(48-21-14-13-15-22-48)69(103)89(10)56(67(101)91-34-18-19-35-91)40-58(94)87(8)54(37-44(2)3)63(97)82-61/h24-26,28-30,38,44-45,48,52-56,61-62H,12-23,27,31-37,39-43H2,1-11H3,(H,81,93)(H,82,97)(H,83,98)/t45-,52-,53?,54-,55-,56-,61-,62-/m0/s1. The van der Waals surface area contributed by atoms with Crippen molar-refractivity contribution < 1.29 is 83.9 Å². The molecule has 2 aromatic carbocycles. The summed E-state index contributed by atoms with van der Waals surface area (Å²) in [6, 6.07) is -2.82. The third-order valence-electron chi connectivity index (χ3n) is 21.5. The second-order valence-corrected chi connectivity index (χ2v) is 29.9. The Labute approximate surface area is 609 Å². The molecule has 5 fully saturated rings. The summed E-state index contributed by atoms with van der Waals surface area (Å²) in [5.74, 6) is -10.2. The molecule has 2 saturated carbocycles. The Morgan fingerprint density at radius 1 is 0.596 bits per heavy atom. The highest BCUT2D eigenvalue weighted by Gasteiger charge is 2.52. The molecule has 12 amide bonds. The molecule has 3 saturated heterocycles. The molecule has 1 spiro atoms. The molecular weight excluding hydrogens is 1390 g/mol. The van der Waals surface area contributed by atoms with Gasteiger partial charge in [0.1, 0.15) is 47.8 Å². The molecule has 104 heavy (non-hydrogen) atoms. The van der Waals surface area contributed by atoms with Gasteiger partial charge in [-0.05, 0) is 124 Å². The molecule has 8 atom stereocenters. The van der Waals surface area contributed by atoms with E-state index in [2.05, 4.69) is 16.0 Å². The summed E-state index contributed by atoms with van der Waals surface area (Å²) in [4.78, 5) is 190. The summed E-state index contributed by atoms with van der Waals surface area (Å²) in [5, 5.41) is 7.89. The molecule has 0 bridgehead atoms. The molecule has 576 valence electrons. The van der Waals surface area contributed by atoms with Crippen LogP contribution >= 0.6 is 11.6 Å². The summed E-state index contributed by atoms with van der Waals surface area (Å²) in [6.45, 7) is 5.60. The highest BCUT2D eigenvalue weighted by Crippen LogP contribution is 2.39. The minimum atomic E-state index is -4.81. The van der Waals surface area contributed by atoms with Crippen LogP contribution in [-0.4, -0.2) is 251 Å². The van der Waals surface area contributed by atoms with Crippen molar-refractivity contribution in [3.05, 3.63) is 69.7 Å². The van der Waals surface area contributed by atoms with Crippen molar-refractivity contribution in [1.82, 2.24) is 60.0 Å². The van der Waals surface area contributed by atoms with Crippen molar-refractivity contribution >= 4 is 82.5 Å². The van der Waals surface area contributed by atoms with E-state index >= 15 is 24.0 Å². The lowest BCUT2D eigenvalue weighted by molar-refractivity contribution is -0.156. The summed E-state index contributed by atoms with van der Waals surface area (Å²) in [6.07, 6.45) is -4.46. The van der Waals surface area contributed by atoms with E-state index in [4.69, 9.17) is 11.6 Å². The zero-order chi connectivity index (χ0) is 77.0. The maximum Gasteiger partial charge on any atom is 0.417 e. The molecule has 0 aromatic heterocycles. The molecule has 24 nitrogen and oxygen atoms in total. The van der Waals surface area contributed by atoms with E-state index < -0.39 is 192 Å². The van der Waals surface area contributed by atoms with Crippen molar-refractivity contribution in [3.63, 3.8) is 0 Å². The smallest absolute Gasteiger partial charge is 0.343 e. The van der Waals surface area contributed by atoms with Crippen LogP contribution in [0.4, 0.5) is 26.3 Å². The van der Waals surface area contributed by atoms with Crippen LogP contribution in [0.25, 0.3) is 0 Å². The minimum Gasteiger partial charge on any atom is -0.343 e. The van der Waals surface area contributed by atoms with Crippen LogP contribution in [0.2, 0.25) is 5.02 Å². The lowest BCUT2D eigenvalue weighted by Gasteiger charge is -2.43. The molecule has 5 aliphatic rings. The molecule has 2 aromatic rings. The first kappa shape index (κ1) is 83.2. The topological polar surface area (TPSA) is 270 Å². The average molecular weight is 1490 g/mol. The predicted octanol–water partition coefficient (Wildman–Crippen LogP) is 6.32. The van der Waals surface area contributed by atoms with Crippen molar-refractivity contribution in [3.8, 4) is 0 Å². The van der Waals surface area contributed by atoms with Gasteiger partial charge >= 0.3 is 12.4 Å². The Morgan fingerprint density at radius 3 is 1.78 bits per heavy atom. The number of nitrogens with one attached hydrogen (secondary N) is 3. The normalized spacial score (nSPS) is 25.3. The van der Waals surface area contributed by atoms with Gasteiger partial charge < -0.3 is 60.0 Å². The van der Waals surface area contributed by atoms with Crippen LogP contribution in [0, 0.1) is 17.8 Å². The van der Waals surface area contributed by atoms with Gasteiger partial charge in [0.25, 0.3) is 0 Å². The Hall–Kier alpha value is -8.05. The van der Waals surface area contributed by atoms with Gasteiger partial charge in [-0.2, -0.15) is 26.3 Å². The van der Waals surface area contributed by atoms with Gasteiger partial charge in [0, 0.05) is 75.4 Å². The molecule has 2 aliphatic carbocycles. The average Bonchev–Trinajstić information content (AvgIpc) is 1.46. The molecule has 1 unspecified atom stereocenters. The number of fused-ring (bicyclic) bond motifs is 1. The lowest BCUT2D eigenvalue weighted by atomic mass is 9.81. The maximum absolute atomic E-state index is 15.8. The number of aryl methyl sites for hydroxylation is 1. The highest BCUT2D eigenvalue weighted by molar-refractivity contribution is 6.31. The molecule has 31 heteroatoms. The van der Waals surface area contributed by atoms with Crippen LogP contribution in [0.3, 0.4) is 0 Å². The van der Waals surface area contributed by atoms with E-state index in [1.165, 1.54) is 68.9 Å². The first-order chi connectivity index (χ1) is 48.8. The fourth-order valence-electron chi connectivity index (χ4n) is 15.0. The number of rotatable bonds is 11. The zero-order valence-electron chi connectivity index (χ0n) is 61.6. The van der Waals surface area contributed by atoms with Crippen molar-refractivity contribution in [1.29, 1.82) is 0 Å². The van der Waals surface area contributed by atoms with E-state index in [9.17, 15) is 59.9 Å². The van der Waals surface area contributed by atoms with E-state index in [1.54, 1.807) is 18.7 Å². The first-order valence-corrected chi connectivity index (χ1v) is 36.5.